The monoisotopic (exact) mass is 366 g/mol. The van der Waals surface area contributed by atoms with E-state index in [0.717, 1.165) is 6.54 Å². The summed E-state index contributed by atoms with van der Waals surface area (Å²) in [7, 11) is -1.80. The molecule has 0 spiro atoms. The molecule has 0 fully saturated rings. The second kappa shape index (κ2) is 9.76. The third-order valence-corrected chi connectivity index (χ3v) is 3.86. The number of ether oxygens (including phenoxy) is 1. The van der Waals surface area contributed by atoms with Gasteiger partial charge < -0.3 is 9.26 Å². The number of rotatable bonds is 10. The molecule has 0 saturated heterocycles. The van der Waals surface area contributed by atoms with E-state index < -0.39 is 7.75 Å². The normalized spacial score (nSPS) is 15.3. The highest BCUT2D eigenvalue weighted by Gasteiger charge is 2.23. The van der Waals surface area contributed by atoms with E-state index in [1.807, 2.05) is 36.7 Å². The Balaban J connectivity index is 3.66. The zero-order valence-corrected chi connectivity index (χ0v) is 12.9. The van der Waals surface area contributed by atoms with Gasteiger partial charge in [-0.1, -0.05) is 0 Å². The van der Waals surface area contributed by atoms with Gasteiger partial charge in [0.25, 0.3) is 0 Å². The highest BCUT2D eigenvalue weighted by atomic mass is 127. The summed E-state index contributed by atoms with van der Waals surface area (Å²) in [5.41, 5.74) is 0. The molecule has 0 aromatic carbocycles. The molecule has 0 aromatic rings. The molecule has 1 atom stereocenters. The van der Waals surface area contributed by atoms with Gasteiger partial charge in [0.2, 0.25) is 0 Å². The predicted octanol–water partition coefficient (Wildman–Crippen LogP) is 1.71. The van der Waals surface area contributed by atoms with E-state index in [0.29, 0.717) is 13.2 Å². The van der Waals surface area contributed by atoms with Crippen LogP contribution in [-0.2, 0) is 18.3 Å². The second-order valence-electron chi connectivity index (χ2n) is 3.29. The predicted molar refractivity (Wildman–Crippen MR) is 71.7 cm³/mol. The first-order valence-electron chi connectivity index (χ1n) is 5.03. The molecule has 0 radical (unpaired) electrons. The van der Waals surface area contributed by atoms with Crippen molar-refractivity contribution in [3.05, 3.63) is 0 Å². The zero-order chi connectivity index (χ0) is 12.4. The molecule has 0 aliphatic heterocycles. The Bertz CT molecular complexity index is 218. The molecular weight excluding hydrogens is 346 g/mol. The highest BCUT2D eigenvalue weighted by Crippen LogP contribution is 2.42. The van der Waals surface area contributed by atoms with E-state index in [9.17, 15) is 4.57 Å². The molecule has 0 heterocycles. The maximum absolute atomic E-state index is 11.9. The highest BCUT2D eigenvalue weighted by molar-refractivity contribution is 14.1. The van der Waals surface area contributed by atoms with Crippen LogP contribution in [0.2, 0.25) is 0 Å². The first-order valence-corrected chi connectivity index (χ1v) is 7.65. The fourth-order valence-electron chi connectivity index (χ4n) is 0.888. The van der Waals surface area contributed by atoms with Crippen molar-refractivity contribution in [2.75, 3.05) is 33.5 Å². The van der Waals surface area contributed by atoms with Crippen LogP contribution < -0.4 is 8.62 Å². The number of nitrogens with one attached hydrogen (secondary N) is 2. The maximum atomic E-state index is 11.9. The largest absolute Gasteiger partial charge is 0.405 e. The van der Waals surface area contributed by atoms with Gasteiger partial charge in [-0.25, -0.2) is 9.65 Å². The molecule has 1 unspecified atom stereocenters. The molecule has 16 heavy (non-hydrogen) atoms. The summed E-state index contributed by atoms with van der Waals surface area (Å²) in [6.45, 7) is 5.75. The first-order chi connectivity index (χ1) is 7.54. The molecule has 98 valence electrons. The fraction of sp³-hybridized carbons (Fsp3) is 1.00. The molecular formula is C8H20IN2O4P. The fourth-order valence-corrected chi connectivity index (χ4v) is 2.34. The summed E-state index contributed by atoms with van der Waals surface area (Å²) >= 11 is 2.04. The molecule has 0 saturated carbocycles. The number of hydrogen-bond acceptors (Lipinski definition) is 5. The summed E-state index contributed by atoms with van der Waals surface area (Å²) in [4.78, 5) is 0. The van der Waals surface area contributed by atoms with E-state index in [2.05, 4.69) is 8.62 Å². The molecule has 0 aromatic heterocycles. The third kappa shape index (κ3) is 8.86. The smallest absolute Gasteiger partial charge is 0.378 e. The van der Waals surface area contributed by atoms with Gasteiger partial charge in [0.05, 0.1) is 19.8 Å². The summed E-state index contributed by atoms with van der Waals surface area (Å²) < 4.78 is 30.0. The van der Waals surface area contributed by atoms with Crippen LogP contribution in [0.25, 0.3) is 0 Å². The van der Waals surface area contributed by atoms with Crippen LogP contribution in [-0.4, -0.2) is 39.5 Å². The zero-order valence-electron chi connectivity index (χ0n) is 9.86. The quantitative estimate of drug-likeness (QED) is 0.266. The van der Waals surface area contributed by atoms with E-state index in [1.54, 1.807) is 0 Å². The van der Waals surface area contributed by atoms with Gasteiger partial charge in [0, 0.05) is 42.6 Å². The van der Waals surface area contributed by atoms with Crippen molar-refractivity contribution in [2.24, 2.45) is 0 Å². The lowest BCUT2D eigenvalue weighted by Gasteiger charge is -2.19. The molecule has 0 aliphatic rings. The average Bonchev–Trinajstić information content (AvgIpc) is 2.22. The lowest BCUT2D eigenvalue weighted by atomic mass is 10.4. The maximum Gasteiger partial charge on any atom is 0.405 e. The molecule has 0 rings (SSSR count). The van der Waals surface area contributed by atoms with Gasteiger partial charge in [0.1, 0.15) is 0 Å². The minimum Gasteiger partial charge on any atom is -0.378 e. The molecule has 2 N–H and O–H groups in total. The van der Waals surface area contributed by atoms with Crippen LogP contribution in [0.1, 0.15) is 13.8 Å². The summed E-state index contributed by atoms with van der Waals surface area (Å²) in [6.07, 6.45) is 0. The van der Waals surface area contributed by atoms with E-state index in [4.69, 9.17) is 13.8 Å². The van der Waals surface area contributed by atoms with Gasteiger partial charge in [-0.15, -0.1) is 0 Å². The first kappa shape index (κ1) is 16.8. The van der Waals surface area contributed by atoms with Crippen molar-refractivity contribution in [3.8, 4) is 0 Å². The Morgan fingerprint density at radius 2 is 2.00 bits per heavy atom. The van der Waals surface area contributed by atoms with Crippen LogP contribution in [0.15, 0.2) is 0 Å². The van der Waals surface area contributed by atoms with Crippen LogP contribution in [0.4, 0.5) is 0 Å². The van der Waals surface area contributed by atoms with Gasteiger partial charge in [-0.2, -0.15) is 0 Å². The Morgan fingerprint density at radius 3 is 2.50 bits per heavy atom. The van der Waals surface area contributed by atoms with Crippen molar-refractivity contribution in [3.63, 3.8) is 0 Å². The summed E-state index contributed by atoms with van der Waals surface area (Å²) in [6, 6.07) is 0.0370. The molecule has 0 amide bonds. The lowest BCUT2D eigenvalue weighted by molar-refractivity contribution is 0.0954. The third-order valence-electron chi connectivity index (χ3n) is 1.49. The Hall–Kier alpha value is 0.760. The molecule has 6 nitrogen and oxygen atoms in total. The van der Waals surface area contributed by atoms with Crippen molar-refractivity contribution >= 4 is 30.6 Å². The van der Waals surface area contributed by atoms with Crippen LogP contribution >= 0.6 is 30.6 Å². The van der Waals surface area contributed by atoms with Crippen molar-refractivity contribution < 1.29 is 18.3 Å². The van der Waals surface area contributed by atoms with Crippen LogP contribution in [0.3, 0.4) is 0 Å². The van der Waals surface area contributed by atoms with Crippen molar-refractivity contribution in [1.29, 1.82) is 0 Å². The summed E-state index contributed by atoms with van der Waals surface area (Å²) in [5.74, 6) is 0. The van der Waals surface area contributed by atoms with E-state index in [1.165, 1.54) is 7.11 Å². The van der Waals surface area contributed by atoms with Gasteiger partial charge >= 0.3 is 7.75 Å². The Labute approximate surface area is 111 Å². The Kier molecular flexibility index (Phi) is 10.2. The van der Waals surface area contributed by atoms with Gasteiger partial charge in [-0.3, -0.25) is 8.05 Å². The Morgan fingerprint density at radius 1 is 1.31 bits per heavy atom. The van der Waals surface area contributed by atoms with E-state index in [-0.39, 0.29) is 12.6 Å². The number of hydrogen-bond donors (Lipinski definition) is 2. The molecule has 0 bridgehead atoms. The molecule has 8 heteroatoms. The van der Waals surface area contributed by atoms with E-state index >= 15 is 0 Å². The average molecular weight is 366 g/mol. The number of halogens is 1. The van der Waals surface area contributed by atoms with Crippen LogP contribution in [0.5, 0.6) is 0 Å². The standard InChI is InChI=1S/C8H20IN2O4P/c1-8(2)11-16(12,13-3)15-7-6-14-5-4-10-9/h8,10H,4-7H2,1-3H3,(H,11,12). The lowest BCUT2D eigenvalue weighted by Crippen LogP contribution is -2.22. The topological polar surface area (TPSA) is 68.8 Å². The van der Waals surface area contributed by atoms with Gasteiger partial charge in [0.15, 0.2) is 0 Å². The van der Waals surface area contributed by atoms with Crippen LogP contribution in [0, 0.1) is 0 Å². The van der Waals surface area contributed by atoms with Crippen molar-refractivity contribution in [2.45, 2.75) is 19.9 Å². The molecule has 0 aliphatic carbocycles. The summed E-state index contributed by atoms with van der Waals surface area (Å²) in [5, 5.41) is 2.75. The minimum absolute atomic E-state index is 0.0370. The van der Waals surface area contributed by atoms with Crippen molar-refractivity contribution in [1.82, 2.24) is 8.62 Å². The minimum atomic E-state index is -3.16. The second-order valence-corrected chi connectivity index (χ2v) is 5.93. The van der Waals surface area contributed by atoms with Gasteiger partial charge in [-0.05, 0) is 13.8 Å². The SMILES string of the molecule is COP(=O)(NC(C)C)OCCOCCNI.